The first-order chi connectivity index (χ1) is 12.5. The van der Waals surface area contributed by atoms with E-state index in [4.69, 9.17) is 4.74 Å². The Bertz CT molecular complexity index is 938. The van der Waals surface area contributed by atoms with E-state index in [1.54, 1.807) is 18.3 Å². The normalized spacial score (nSPS) is 10.6. The topological polar surface area (TPSA) is 56.2 Å². The maximum atomic E-state index is 13.1. The van der Waals surface area contributed by atoms with Crippen molar-refractivity contribution in [2.45, 2.75) is 13.8 Å². The Balaban J connectivity index is 1.92. The van der Waals surface area contributed by atoms with Crippen molar-refractivity contribution in [1.29, 1.82) is 0 Å². The standard InChI is InChI=1S/C19H17BrFN3O2/c1-3-26-17-11-24(15-7-5-14(21)6-8-15)23-18(17)19(25)22-16-9-4-13(20)10-12(16)2/h4-11H,3H2,1-2H3,(H,22,25). The molecule has 0 bridgehead atoms. The maximum Gasteiger partial charge on any atom is 0.280 e. The summed E-state index contributed by atoms with van der Waals surface area (Å²) in [6.45, 7) is 4.13. The van der Waals surface area contributed by atoms with Crippen LogP contribution in [0.2, 0.25) is 0 Å². The van der Waals surface area contributed by atoms with Crippen molar-refractivity contribution in [2.75, 3.05) is 11.9 Å². The molecule has 3 rings (SSSR count). The quantitative estimate of drug-likeness (QED) is 0.652. The Kier molecular flexibility index (Phi) is 5.37. The van der Waals surface area contributed by atoms with Crippen molar-refractivity contribution >= 4 is 27.5 Å². The number of anilines is 1. The van der Waals surface area contributed by atoms with Gasteiger partial charge >= 0.3 is 0 Å². The van der Waals surface area contributed by atoms with E-state index < -0.39 is 0 Å². The highest BCUT2D eigenvalue weighted by molar-refractivity contribution is 9.10. The number of amides is 1. The maximum absolute atomic E-state index is 13.1. The fourth-order valence-electron chi connectivity index (χ4n) is 2.45. The van der Waals surface area contributed by atoms with Gasteiger partial charge in [-0.25, -0.2) is 9.07 Å². The lowest BCUT2D eigenvalue weighted by Gasteiger charge is -2.08. The molecule has 1 N–H and O–H groups in total. The third kappa shape index (κ3) is 3.94. The van der Waals surface area contributed by atoms with E-state index in [0.717, 1.165) is 10.0 Å². The number of hydrogen-bond acceptors (Lipinski definition) is 3. The second-order valence-corrected chi connectivity index (χ2v) is 6.52. The van der Waals surface area contributed by atoms with Crippen molar-refractivity contribution in [3.8, 4) is 11.4 Å². The van der Waals surface area contributed by atoms with Crippen molar-refractivity contribution < 1.29 is 13.9 Å². The monoisotopic (exact) mass is 417 g/mol. The van der Waals surface area contributed by atoms with E-state index >= 15 is 0 Å². The fraction of sp³-hybridized carbons (Fsp3) is 0.158. The molecular formula is C19H17BrFN3O2. The molecule has 1 aromatic heterocycles. The van der Waals surface area contributed by atoms with Gasteiger partial charge in [-0.2, -0.15) is 5.10 Å². The number of ether oxygens (including phenoxy) is 1. The molecule has 0 radical (unpaired) electrons. The van der Waals surface area contributed by atoms with Crippen LogP contribution in [0.1, 0.15) is 23.0 Å². The van der Waals surface area contributed by atoms with E-state index in [2.05, 4.69) is 26.3 Å². The molecule has 0 atom stereocenters. The van der Waals surface area contributed by atoms with Crippen LogP contribution < -0.4 is 10.1 Å². The minimum atomic E-state index is -0.375. The van der Waals surface area contributed by atoms with Crippen LogP contribution in [0.4, 0.5) is 10.1 Å². The van der Waals surface area contributed by atoms with Gasteiger partial charge in [0.25, 0.3) is 5.91 Å². The summed E-state index contributed by atoms with van der Waals surface area (Å²) in [7, 11) is 0. The molecular weight excluding hydrogens is 401 g/mol. The Morgan fingerprint density at radius 2 is 2.00 bits per heavy atom. The van der Waals surface area contributed by atoms with Gasteiger partial charge in [-0.1, -0.05) is 15.9 Å². The number of carbonyl (C=O) groups is 1. The molecule has 2 aromatic carbocycles. The average molecular weight is 418 g/mol. The van der Waals surface area contributed by atoms with Gasteiger partial charge in [0.05, 0.1) is 18.5 Å². The highest BCUT2D eigenvalue weighted by Gasteiger charge is 2.19. The first-order valence-corrected chi connectivity index (χ1v) is 8.83. The average Bonchev–Trinajstić information content (AvgIpc) is 3.02. The highest BCUT2D eigenvalue weighted by atomic mass is 79.9. The molecule has 0 aliphatic rings. The van der Waals surface area contributed by atoms with Crippen LogP contribution in [-0.4, -0.2) is 22.3 Å². The number of aryl methyl sites for hydroxylation is 1. The molecule has 26 heavy (non-hydrogen) atoms. The van der Waals surface area contributed by atoms with E-state index in [1.807, 2.05) is 32.0 Å². The lowest BCUT2D eigenvalue weighted by molar-refractivity contribution is 0.101. The highest BCUT2D eigenvalue weighted by Crippen LogP contribution is 2.24. The van der Waals surface area contributed by atoms with Crippen LogP contribution in [0.25, 0.3) is 5.69 Å². The Morgan fingerprint density at radius 1 is 1.27 bits per heavy atom. The van der Waals surface area contributed by atoms with Gasteiger partial charge < -0.3 is 10.1 Å². The first kappa shape index (κ1) is 18.1. The molecule has 0 spiro atoms. The van der Waals surface area contributed by atoms with Crippen LogP contribution >= 0.6 is 15.9 Å². The van der Waals surface area contributed by atoms with Gasteiger partial charge in [0, 0.05) is 10.2 Å². The summed E-state index contributed by atoms with van der Waals surface area (Å²) >= 11 is 3.40. The van der Waals surface area contributed by atoms with Crippen molar-refractivity contribution in [1.82, 2.24) is 9.78 Å². The van der Waals surface area contributed by atoms with Crippen LogP contribution in [0.15, 0.2) is 53.1 Å². The lowest BCUT2D eigenvalue weighted by Crippen LogP contribution is -2.15. The number of rotatable bonds is 5. The number of aromatic nitrogens is 2. The lowest BCUT2D eigenvalue weighted by atomic mass is 10.2. The summed E-state index contributed by atoms with van der Waals surface area (Å²) in [5.74, 6) is -0.349. The van der Waals surface area contributed by atoms with Crippen molar-refractivity contribution in [2.24, 2.45) is 0 Å². The summed E-state index contributed by atoms with van der Waals surface area (Å²) in [6.07, 6.45) is 1.61. The first-order valence-electron chi connectivity index (χ1n) is 8.04. The zero-order chi connectivity index (χ0) is 18.7. The number of nitrogens with zero attached hydrogens (tertiary/aromatic N) is 2. The molecule has 7 heteroatoms. The molecule has 3 aromatic rings. The minimum absolute atomic E-state index is 0.165. The Labute approximate surface area is 158 Å². The van der Waals surface area contributed by atoms with Gasteiger partial charge in [0.15, 0.2) is 11.4 Å². The largest absolute Gasteiger partial charge is 0.490 e. The van der Waals surface area contributed by atoms with Crippen LogP contribution in [0.5, 0.6) is 5.75 Å². The number of carbonyl (C=O) groups excluding carboxylic acids is 1. The van der Waals surface area contributed by atoms with Crippen molar-refractivity contribution in [3.63, 3.8) is 0 Å². The smallest absolute Gasteiger partial charge is 0.280 e. The SMILES string of the molecule is CCOc1cn(-c2ccc(F)cc2)nc1C(=O)Nc1ccc(Br)cc1C. The second kappa shape index (κ2) is 7.70. The molecule has 0 aliphatic heterocycles. The van der Waals surface area contributed by atoms with Gasteiger partial charge in [-0.05, 0) is 61.9 Å². The fourth-order valence-corrected chi connectivity index (χ4v) is 2.93. The summed E-state index contributed by atoms with van der Waals surface area (Å²) in [5, 5.41) is 7.17. The van der Waals surface area contributed by atoms with E-state index in [9.17, 15) is 9.18 Å². The summed E-state index contributed by atoms with van der Waals surface area (Å²) in [6, 6.07) is 11.4. The molecule has 0 fully saturated rings. The van der Waals surface area contributed by atoms with Gasteiger partial charge in [0.1, 0.15) is 5.82 Å². The summed E-state index contributed by atoms with van der Waals surface area (Å²) in [4.78, 5) is 12.7. The van der Waals surface area contributed by atoms with Crippen molar-refractivity contribution in [3.05, 3.63) is 70.2 Å². The van der Waals surface area contributed by atoms with Crippen LogP contribution in [-0.2, 0) is 0 Å². The molecule has 0 unspecified atom stereocenters. The number of benzene rings is 2. The molecule has 0 aliphatic carbocycles. The third-order valence-corrected chi connectivity index (χ3v) is 4.22. The summed E-state index contributed by atoms with van der Waals surface area (Å²) in [5.41, 5.74) is 2.41. The second-order valence-electron chi connectivity index (χ2n) is 5.61. The minimum Gasteiger partial charge on any atom is -0.490 e. The van der Waals surface area contributed by atoms with Crippen LogP contribution in [0.3, 0.4) is 0 Å². The van der Waals surface area contributed by atoms with Crippen LogP contribution in [0, 0.1) is 12.7 Å². The molecule has 0 saturated carbocycles. The number of halogens is 2. The molecule has 1 amide bonds. The van der Waals surface area contributed by atoms with E-state index in [1.165, 1.54) is 16.8 Å². The zero-order valence-corrected chi connectivity index (χ0v) is 15.9. The zero-order valence-electron chi connectivity index (χ0n) is 14.3. The Morgan fingerprint density at radius 3 is 2.65 bits per heavy atom. The van der Waals surface area contributed by atoms with E-state index in [-0.39, 0.29) is 17.4 Å². The van der Waals surface area contributed by atoms with Gasteiger partial charge in [-0.3, -0.25) is 4.79 Å². The van der Waals surface area contributed by atoms with Gasteiger partial charge in [-0.15, -0.1) is 0 Å². The molecule has 134 valence electrons. The summed E-state index contributed by atoms with van der Waals surface area (Å²) < 4.78 is 21.1. The number of nitrogens with one attached hydrogen (secondary N) is 1. The molecule has 5 nitrogen and oxygen atoms in total. The Hall–Kier alpha value is -2.67. The third-order valence-electron chi connectivity index (χ3n) is 3.72. The molecule has 0 saturated heterocycles. The molecule has 1 heterocycles. The van der Waals surface area contributed by atoms with Gasteiger partial charge in [0.2, 0.25) is 0 Å². The predicted octanol–water partition coefficient (Wildman–Crippen LogP) is 4.73. The number of hydrogen-bond donors (Lipinski definition) is 1. The predicted molar refractivity (Wildman–Crippen MR) is 102 cm³/mol. The van der Waals surface area contributed by atoms with E-state index in [0.29, 0.717) is 23.7 Å².